The van der Waals surface area contributed by atoms with E-state index in [1.54, 1.807) is 20.0 Å². The smallest absolute Gasteiger partial charge is 0.310 e. The summed E-state index contributed by atoms with van der Waals surface area (Å²) >= 11 is 0. The SMILES string of the molecule is CC(C)Cn1ncc(C(=O)NCC(C)(C)C(=O)O)c1C1CC1. The summed E-state index contributed by atoms with van der Waals surface area (Å²) in [5.41, 5.74) is 0.604. The molecule has 6 nitrogen and oxygen atoms in total. The molecule has 2 rings (SSSR count). The van der Waals surface area contributed by atoms with E-state index in [1.165, 1.54) is 0 Å². The second-order valence-corrected chi connectivity index (χ2v) is 7.17. The molecule has 0 bridgehead atoms. The molecule has 1 heterocycles. The second-order valence-electron chi connectivity index (χ2n) is 7.17. The number of hydrogen-bond donors (Lipinski definition) is 2. The molecule has 1 aromatic rings. The maximum Gasteiger partial charge on any atom is 0.310 e. The van der Waals surface area contributed by atoms with E-state index in [4.69, 9.17) is 5.11 Å². The van der Waals surface area contributed by atoms with Crippen molar-refractivity contribution in [3.63, 3.8) is 0 Å². The Morgan fingerprint density at radius 2 is 2.09 bits per heavy atom. The molecule has 2 N–H and O–H groups in total. The van der Waals surface area contributed by atoms with Crippen LogP contribution in [0.5, 0.6) is 0 Å². The van der Waals surface area contributed by atoms with Gasteiger partial charge in [-0.1, -0.05) is 13.8 Å². The Bertz CT molecular complexity index is 571. The van der Waals surface area contributed by atoms with Crippen molar-refractivity contribution in [3.05, 3.63) is 17.5 Å². The number of carbonyl (C=O) groups excluding carboxylic acids is 1. The third-order valence-electron chi connectivity index (χ3n) is 3.90. The minimum absolute atomic E-state index is 0.0979. The van der Waals surface area contributed by atoms with Crippen molar-refractivity contribution >= 4 is 11.9 Å². The van der Waals surface area contributed by atoms with Gasteiger partial charge < -0.3 is 10.4 Å². The highest BCUT2D eigenvalue weighted by atomic mass is 16.4. The molecule has 1 aromatic heterocycles. The molecule has 1 aliphatic rings. The number of carboxylic acids is 1. The van der Waals surface area contributed by atoms with Gasteiger partial charge in [-0.25, -0.2) is 0 Å². The largest absolute Gasteiger partial charge is 0.481 e. The van der Waals surface area contributed by atoms with Crippen LogP contribution in [0.25, 0.3) is 0 Å². The zero-order chi connectivity index (χ0) is 16.5. The highest BCUT2D eigenvalue weighted by Gasteiger charge is 2.33. The van der Waals surface area contributed by atoms with Crippen molar-refractivity contribution in [3.8, 4) is 0 Å². The molecule has 0 spiro atoms. The summed E-state index contributed by atoms with van der Waals surface area (Å²) in [7, 11) is 0. The Morgan fingerprint density at radius 1 is 1.45 bits per heavy atom. The first-order valence-corrected chi connectivity index (χ1v) is 7.79. The fourth-order valence-electron chi connectivity index (χ4n) is 2.32. The number of nitrogens with zero attached hydrogens (tertiary/aromatic N) is 2. The average Bonchev–Trinajstić information content (AvgIpc) is 3.17. The first kappa shape index (κ1) is 16.5. The van der Waals surface area contributed by atoms with Gasteiger partial charge in [0, 0.05) is 19.0 Å². The number of aromatic nitrogens is 2. The van der Waals surface area contributed by atoms with Crippen LogP contribution in [0.4, 0.5) is 0 Å². The third kappa shape index (κ3) is 3.67. The van der Waals surface area contributed by atoms with E-state index in [0.717, 1.165) is 25.1 Å². The maximum absolute atomic E-state index is 12.4. The van der Waals surface area contributed by atoms with Crippen molar-refractivity contribution in [1.82, 2.24) is 15.1 Å². The predicted octanol–water partition coefficient (Wildman–Crippen LogP) is 2.26. The van der Waals surface area contributed by atoms with Gasteiger partial charge in [0.2, 0.25) is 0 Å². The number of hydrogen-bond acceptors (Lipinski definition) is 3. The van der Waals surface area contributed by atoms with E-state index in [0.29, 0.717) is 17.4 Å². The molecule has 0 unspecified atom stereocenters. The molecule has 0 atom stereocenters. The highest BCUT2D eigenvalue weighted by Crippen LogP contribution is 2.41. The van der Waals surface area contributed by atoms with Gasteiger partial charge in [-0.3, -0.25) is 14.3 Å². The zero-order valence-corrected chi connectivity index (χ0v) is 13.7. The van der Waals surface area contributed by atoms with Gasteiger partial charge in [0.1, 0.15) is 0 Å². The van der Waals surface area contributed by atoms with Gasteiger partial charge in [-0.2, -0.15) is 5.10 Å². The van der Waals surface area contributed by atoms with E-state index in [9.17, 15) is 9.59 Å². The molecule has 1 fully saturated rings. The Kier molecular flexibility index (Phi) is 4.58. The molecular formula is C16H25N3O3. The lowest BCUT2D eigenvalue weighted by atomic mass is 9.94. The van der Waals surface area contributed by atoms with Crippen LogP contribution in [-0.2, 0) is 11.3 Å². The molecular weight excluding hydrogens is 282 g/mol. The van der Waals surface area contributed by atoms with Crippen molar-refractivity contribution in [2.45, 2.75) is 53.0 Å². The van der Waals surface area contributed by atoms with Crippen molar-refractivity contribution in [2.75, 3.05) is 6.54 Å². The highest BCUT2D eigenvalue weighted by molar-refractivity contribution is 5.95. The summed E-state index contributed by atoms with van der Waals surface area (Å²) in [6.45, 7) is 8.32. The fraction of sp³-hybridized carbons (Fsp3) is 0.688. The van der Waals surface area contributed by atoms with Crippen LogP contribution in [0.3, 0.4) is 0 Å². The number of carbonyl (C=O) groups is 2. The van der Waals surface area contributed by atoms with Crippen LogP contribution < -0.4 is 5.32 Å². The van der Waals surface area contributed by atoms with Gasteiger partial charge in [0.05, 0.1) is 22.9 Å². The Morgan fingerprint density at radius 3 is 2.59 bits per heavy atom. The van der Waals surface area contributed by atoms with E-state index in [2.05, 4.69) is 24.3 Å². The summed E-state index contributed by atoms with van der Waals surface area (Å²) in [6.07, 6.45) is 3.79. The summed E-state index contributed by atoms with van der Waals surface area (Å²) < 4.78 is 1.93. The number of aliphatic carboxylic acids is 1. The average molecular weight is 307 g/mol. The molecule has 1 aliphatic carbocycles. The molecule has 0 aromatic carbocycles. The normalized spacial score (nSPS) is 15.1. The molecule has 22 heavy (non-hydrogen) atoms. The number of rotatable bonds is 7. The Balaban J connectivity index is 2.13. The van der Waals surface area contributed by atoms with Gasteiger partial charge in [0.25, 0.3) is 5.91 Å². The zero-order valence-electron chi connectivity index (χ0n) is 13.7. The van der Waals surface area contributed by atoms with Crippen molar-refractivity contribution < 1.29 is 14.7 Å². The summed E-state index contributed by atoms with van der Waals surface area (Å²) in [5.74, 6) is -0.286. The topological polar surface area (TPSA) is 84.2 Å². The first-order chi connectivity index (χ1) is 10.2. The minimum Gasteiger partial charge on any atom is -0.481 e. The van der Waals surface area contributed by atoms with E-state index in [1.807, 2.05) is 4.68 Å². The quantitative estimate of drug-likeness (QED) is 0.809. The fourth-order valence-corrected chi connectivity index (χ4v) is 2.32. The minimum atomic E-state index is -0.983. The van der Waals surface area contributed by atoms with Crippen molar-refractivity contribution in [2.24, 2.45) is 11.3 Å². The summed E-state index contributed by atoms with van der Waals surface area (Å²) in [6, 6.07) is 0. The lowest BCUT2D eigenvalue weighted by Gasteiger charge is -2.19. The monoisotopic (exact) mass is 307 g/mol. The molecule has 1 saturated carbocycles. The van der Waals surface area contributed by atoms with Crippen LogP contribution >= 0.6 is 0 Å². The predicted molar refractivity (Wildman–Crippen MR) is 82.8 cm³/mol. The van der Waals surface area contributed by atoms with Gasteiger partial charge in [-0.05, 0) is 32.6 Å². The Hall–Kier alpha value is -1.85. The van der Waals surface area contributed by atoms with E-state index < -0.39 is 11.4 Å². The van der Waals surface area contributed by atoms with Gasteiger partial charge >= 0.3 is 5.97 Å². The molecule has 0 saturated heterocycles. The molecule has 6 heteroatoms. The van der Waals surface area contributed by atoms with Crippen LogP contribution in [0.2, 0.25) is 0 Å². The maximum atomic E-state index is 12.4. The first-order valence-electron chi connectivity index (χ1n) is 7.79. The van der Waals surface area contributed by atoms with Gasteiger partial charge in [0.15, 0.2) is 0 Å². The lowest BCUT2D eigenvalue weighted by molar-refractivity contribution is -0.146. The van der Waals surface area contributed by atoms with Crippen molar-refractivity contribution in [1.29, 1.82) is 0 Å². The van der Waals surface area contributed by atoms with E-state index in [-0.39, 0.29) is 12.5 Å². The summed E-state index contributed by atoms with van der Waals surface area (Å²) in [4.78, 5) is 23.5. The Labute approximate surface area is 130 Å². The molecule has 1 amide bonds. The lowest BCUT2D eigenvalue weighted by Crippen LogP contribution is -2.39. The number of carboxylic acid groups (broad SMARTS) is 1. The van der Waals surface area contributed by atoms with Crippen LogP contribution in [0.1, 0.15) is 62.5 Å². The third-order valence-corrected chi connectivity index (χ3v) is 3.90. The van der Waals surface area contributed by atoms with Crippen LogP contribution in [0, 0.1) is 11.3 Å². The van der Waals surface area contributed by atoms with E-state index >= 15 is 0 Å². The standard InChI is InChI=1S/C16H25N3O3/c1-10(2)8-19-13(11-5-6-11)12(7-18-19)14(20)17-9-16(3,4)15(21)22/h7,10-11H,5-6,8-9H2,1-4H3,(H,17,20)(H,21,22). The van der Waals surface area contributed by atoms with Crippen LogP contribution in [0.15, 0.2) is 6.20 Å². The molecule has 0 aliphatic heterocycles. The number of amides is 1. The molecule has 122 valence electrons. The summed E-state index contributed by atoms with van der Waals surface area (Å²) in [5, 5.41) is 16.2. The van der Waals surface area contributed by atoms with Gasteiger partial charge in [-0.15, -0.1) is 0 Å². The molecule has 0 radical (unpaired) electrons. The van der Waals surface area contributed by atoms with Crippen LogP contribution in [-0.4, -0.2) is 33.3 Å². The number of nitrogens with one attached hydrogen (secondary N) is 1. The second kappa shape index (κ2) is 6.10.